The maximum absolute atomic E-state index is 15.3. The molecule has 1 aliphatic carbocycles. The molecule has 2 amide bonds. The van der Waals surface area contributed by atoms with Crippen LogP contribution < -0.4 is 10.6 Å². The summed E-state index contributed by atoms with van der Waals surface area (Å²) in [6, 6.07) is 5.16. The second kappa shape index (κ2) is 9.59. The average molecular weight is 481 g/mol. The van der Waals surface area contributed by atoms with E-state index >= 15 is 4.39 Å². The number of aromatic nitrogens is 1. The van der Waals surface area contributed by atoms with Crippen LogP contribution in [0.5, 0.6) is 0 Å². The first-order valence-electron chi connectivity index (χ1n) is 12.5. The summed E-state index contributed by atoms with van der Waals surface area (Å²) >= 11 is 0. The van der Waals surface area contributed by atoms with Crippen LogP contribution in [0.25, 0.3) is 11.6 Å². The van der Waals surface area contributed by atoms with Crippen molar-refractivity contribution < 1.29 is 18.7 Å². The first kappa shape index (κ1) is 23.8. The summed E-state index contributed by atoms with van der Waals surface area (Å²) < 4.78 is 20.7. The van der Waals surface area contributed by atoms with E-state index in [-0.39, 0.29) is 23.4 Å². The number of nitrogens with zero attached hydrogens (tertiary/aromatic N) is 2. The van der Waals surface area contributed by atoms with E-state index in [0.717, 1.165) is 42.6 Å². The Bertz CT molecular complexity index is 1170. The summed E-state index contributed by atoms with van der Waals surface area (Å²) in [4.78, 5) is 33.5. The molecular formula is C27H33FN4O3. The molecule has 1 saturated heterocycles. The quantitative estimate of drug-likeness (QED) is 0.654. The lowest BCUT2D eigenvalue weighted by Gasteiger charge is -2.30. The Balaban J connectivity index is 1.54. The van der Waals surface area contributed by atoms with E-state index in [4.69, 9.17) is 10.5 Å². The van der Waals surface area contributed by atoms with E-state index in [1.165, 1.54) is 6.07 Å². The van der Waals surface area contributed by atoms with E-state index in [1.54, 1.807) is 15.9 Å². The zero-order valence-corrected chi connectivity index (χ0v) is 20.4. The molecule has 186 valence electrons. The van der Waals surface area contributed by atoms with Gasteiger partial charge in [0.25, 0.3) is 11.8 Å². The van der Waals surface area contributed by atoms with Crippen molar-refractivity contribution in [3.63, 3.8) is 0 Å². The van der Waals surface area contributed by atoms with Gasteiger partial charge in [-0.2, -0.15) is 0 Å². The molecule has 5 rings (SSSR count). The van der Waals surface area contributed by atoms with Crippen molar-refractivity contribution >= 4 is 29.2 Å². The Labute approximate surface area is 205 Å². The molecule has 1 saturated carbocycles. The summed E-state index contributed by atoms with van der Waals surface area (Å²) in [6.45, 7) is 6.21. The Morgan fingerprint density at radius 2 is 1.89 bits per heavy atom. The van der Waals surface area contributed by atoms with E-state index < -0.39 is 5.82 Å². The topological polar surface area (TPSA) is 91.7 Å². The van der Waals surface area contributed by atoms with Gasteiger partial charge in [0.05, 0.1) is 30.0 Å². The van der Waals surface area contributed by atoms with Crippen LogP contribution in [0, 0.1) is 25.6 Å². The molecule has 3 N–H and O–H groups in total. The first-order valence-corrected chi connectivity index (χ1v) is 12.5. The molecule has 2 fully saturated rings. The van der Waals surface area contributed by atoms with Gasteiger partial charge in [-0.05, 0) is 75.3 Å². The molecule has 3 heterocycles. The number of carbonyl (C=O) groups excluding carboxylic acids is 2. The summed E-state index contributed by atoms with van der Waals surface area (Å²) in [6.07, 6.45) is 5.59. The SMILES string of the molecule is Cc1cc(C)c(/C=C2\C(=O)N(CC3CCC(N)CC3)c3cc(C(=O)N4CCOCC4)c(F)cc32)[nH]1. The van der Waals surface area contributed by atoms with Crippen LogP contribution in [-0.2, 0) is 9.53 Å². The smallest absolute Gasteiger partial charge is 0.259 e. The standard InChI is InChI=1S/C27H33FN4O3/c1-16-11-17(2)30-24(16)13-21-20-12-23(28)22(26(33)31-7-9-35-10-8-31)14-25(20)32(27(21)34)15-18-3-5-19(29)6-4-18/h11-14,18-19,30H,3-10,15,29H2,1-2H3/b21-13-. The minimum absolute atomic E-state index is 0.00210. The highest BCUT2D eigenvalue weighted by Crippen LogP contribution is 2.41. The van der Waals surface area contributed by atoms with Crippen LogP contribution in [0.1, 0.15) is 58.6 Å². The second-order valence-corrected chi connectivity index (χ2v) is 10.1. The predicted octanol–water partition coefficient (Wildman–Crippen LogP) is 3.65. The highest BCUT2D eigenvalue weighted by molar-refractivity contribution is 6.36. The number of halogens is 1. The van der Waals surface area contributed by atoms with Gasteiger partial charge in [0.1, 0.15) is 5.82 Å². The Kier molecular flexibility index (Phi) is 6.51. The lowest BCUT2D eigenvalue weighted by atomic mass is 9.86. The zero-order valence-electron chi connectivity index (χ0n) is 20.4. The molecular weight excluding hydrogens is 447 g/mol. The molecule has 0 atom stereocenters. The van der Waals surface area contributed by atoms with Crippen molar-refractivity contribution in [1.29, 1.82) is 0 Å². The van der Waals surface area contributed by atoms with Gasteiger partial charge in [0.15, 0.2) is 0 Å². The van der Waals surface area contributed by atoms with Crippen molar-refractivity contribution in [2.24, 2.45) is 11.7 Å². The van der Waals surface area contributed by atoms with Gasteiger partial charge < -0.3 is 25.3 Å². The van der Waals surface area contributed by atoms with Gasteiger partial charge in [0, 0.05) is 42.6 Å². The maximum atomic E-state index is 15.3. The van der Waals surface area contributed by atoms with Gasteiger partial charge in [-0.3, -0.25) is 9.59 Å². The molecule has 1 aromatic heterocycles. The number of hydrogen-bond donors (Lipinski definition) is 2. The first-order chi connectivity index (χ1) is 16.8. The molecule has 2 aromatic rings. The van der Waals surface area contributed by atoms with Crippen LogP contribution in [0.15, 0.2) is 18.2 Å². The van der Waals surface area contributed by atoms with Gasteiger partial charge in [-0.15, -0.1) is 0 Å². The lowest BCUT2D eigenvalue weighted by molar-refractivity contribution is -0.113. The molecule has 1 aromatic carbocycles. The zero-order chi connectivity index (χ0) is 24.7. The molecule has 7 nitrogen and oxygen atoms in total. The number of H-pyrrole nitrogens is 1. The third kappa shape index (κ3) is 4.65. The monoisotopic (exact) mass is 480 g/mol. The number of benzene rings is 1. The number of carbonyl (C=O) groups is 2. The summed E-state index contributed by atoms with van der Waals surface area (Å²) in [5.41, 5.74) is 10.5. The van der Waals surface area contributed by atoms with Gasteiger partial charge in [0.2, 0.25) is 0 Å². The number of aryl methyl sites for hydroxylation is 2. The number of morpholine rings is 1. The third-order valence-electron chi connectivity index (χ3n) is 7.48. The maximum Gasteiger partial charge on any atom is 0.259 e. The number of amides is 2. The highest BCUT2D eigenvalue weighted by Gasteiger charge is 2.37. The molecule has 35 heavy (non-hydrogen) atoms. The van der Waals surface area contributed by atoms with Gasteiger partial charge >= 0.3 is 0 Å². The second-order valence-electron chi connectivity index (χ2n) is 10.1. The van der Waals surface area contributed by atoms with Crippen molar-refractivity contribution in [3.8, 4) is 0 Å². The fourth-order valence-electron chi connectivity index (χ4n) is 5.47. The number of aromatic amines is 1. The number of ether oxygens (including phenoxy) is 1. The van der Waals surface area contributed by atoms with Crippen LogP contribution in [0.3, 0.4) is 0 Å². The molecule has 0 spiro atoms. The highest BCUT2D eigenvalue weighted by atomic mass is 19.1. The van der Waals surface area contributed by atoms with Crippen LogP contribution in [-0.4, -0.2) is 60.6 Å². The van der Waals surface area contributed by atoms with Crippen molar-refractivity contribution in [3.05, 3.63) is 52.1 Å². The summed E-state index contributed by atoms with van der Waals surface area (Å²) in [5, 5.41) is 0. The van der Waals surface area contributed by atoms with Crippen molar-refractivity contribution in [2.45, 2.75) is 45.6 Å². The predicted molar refractivity (Wildman–Crippen MR) is 134 cm³/mol. The Morgan fingerprint density at radius 1 is 1.17 bits per heavy atom. The van der Waals surface area contributed by atoms with Crippen LogP contribution in [0.2, 0.25) is 0 Å². The number of hydrogen-bond acceptors (Lipinski definition) is 4. The molecule has 8 heteroatoms. The number of nitrogens with one attached hydrogen (secondary N) is 1. The number of nitrogens with two attached hydrogens (primary N) is 1. The van der Waals surface area contributed by atoms with Gasteiger partial charge in [-0.1, -0.05) is 0 Å². The summed E-state index contributed by atoms with van der Waals surface area (Å²) in [7, 11) is 0. The summed E-state index contributed by atoms with van der Waals surface area (Å²) in [5.74, 6) is -0.803. The lowest BCUT2D eigenvalue weighted by Crippen LogP contribution is -2.41. The molecule has 0 radical (unpaired) electrons. The molecule has 2 aliphatic heterocycles. The molecule has 0 unspecified atom stereocenters. The molecule has 3 aliphatic rings. The third-order valence-corrected chi connectivity index (χ3v) is 7.48. The van der Waals surface area contributed by atoms with Gasteiger partial charge in [-0.25, -0.2) is 4.39 Å². The normalized spacial score (nSPS) is 23.8. The van der Waals surface area contributed by atoms with Crippen molar-refractivity contribution in [2.75, 3.05) is 37.7 Å². The van der Waals surface area contributed by atoms with E-state index in [2.05, 4.69) is 4.98 Å². The largest absolute Gasteiger partial charge is 0.378 e. The van der Waals surface area contributed by atoms with Crippen LogP contribution >= 0.6 is 0 Å². The number of rotatable bonds is 4. The average Bonchev–Trinajstić information content (AvgIpc) is 3.30. The van der Waals surface area contributed by atoms with E-state index in [0.29, 0.717) is 55.6 Å². The fourth-order valence-corrected chi connectivity index (χ4v) is 5.47. The minimum atomic E-state index is -0.608. The van der Waals surface area contributed by atoms with E-state index in [9.17, 15) is 9.59 Å². The Morgan fingerprint density at radius 3 is 2.54 bits per heavy atom. The number of fused-ring (bicyclic) bond motifs is 1. The number of anilines is 1. The van der Waals surface area contributed by atoms with Crippen molar-refractivity contribution in [1.82, 2.24) is 9.88 Å². The van der Waals surface area contributed by atoms with E-state index in [1.807, 2.05) is 26.0 Å². The molecule has 0 bridgehead atoms. The fraction of sp³-hybridized carbons (Fsp3) is 0.481. The minimum Gasteiger partial charge on any atom is -0.378 e. The van der Waals surface area contributed by atoms with Crippen LogP contribution in [0.4, 0.5) is 10.1 Å². The Hall–Kier alpha value is -2.97.